The van der Waals surface area contributed by atoms with E-state index in [1.54, 1.807) is 0 Å². The molecule has 10 nitrogen and oxygen atoms in total. The number of halogens is 2. The summed E-state index contributed by atoms with van der Waals surface area (Å²) in [6.07, 6.45) is 1.22. The molecule has 2 aliphatic rings. The first-order valence-electron chi connectivity index (χ1n) is 11.2. The molecular formula is C22H29F2N3O7. The minimum Gasteiger partial charge on any atom is -0.378 e. The second-order valence-corrected chi connectivity index (χ2v) is 7.93. The van der Waals surface area contributed by atoms with Gasteiger partial charge in [0, 0.05) is 51.1 Å². The van der Waals surface area contributed by atoms with E-state index in [1.165, 1.54) is 0 Å². The Kier molecular flexibility index (Phi) is 10.9. The maximum absolute atomic E-state index is 14.0. The van der Waals surface area contributed by atoms with Gasteiger partial charge in [-0.05, 0) is 18.8 Å². The van der Waals surface area contributed by atoms with E-state index >= 15 is 0 Å². The maximum atomic E-state index is 14.0. The van der Waals surface area contributed by atoms with Crippen LogP contribution in [0.15, 0.2) is 0 Å². The molecule has 1 unspecified atom stereocenters. The average Bonchev–Trinajstić information content (AvgIpc) is 3.09. The van der Waals surface area contributed by atoms with Crippen molar-refractivity contribution in [2.24, 2.45) is 5.92 Å². The monoisotopic (exact) mass is 485 g/mol. The Morgan fingerprint density at radius 1 is 1.00 bits per heavy atom. The van der Waals surface area contributed by atoms with Crippen LogP contribution in [0.5, 0.6) is 0 Å². The second-order valence-electron chi connectivity index (χ2n) is 7.93. The standard InChI is InChI=1S/C22H29F2N3O7/c23-22(24)10-4-2-1-3-5-16(22)15-18(29)26-12-14-33-13-11-25-17(28)6-9-21(32)34-27-19(30)7-8-20(27)31/h16H,1-3,5-9,11-15H2,(H,25,28)(H,26,29). The van der Waals surface area contributed by atoms with E-state index in [-0.39, 0.29) is 64.8 Å². The van der Waals surface area contributed by atoms with Crippen LogP contribution in [0.2, 0.25) is 0 Å². The van der Waals surface area contributed by atoms with E-state index in [2.05, 4.69) is 21.4 Å². The molecule has 1 fully saturated rings. The predicted molar refractivity (Wildman–Crippen MR) is 113 cm³/mol. The predicted octanol–water partition coefficient (Wildman–Crippen LogP) is 0.842. The number of hydrogen-bond acceptors (Lipinski definition) is 7. The molecule has 0 spiro atoms. The number of amides is 4. The molecule has 1 atom stereocenters. The van der Waals surface area contributed by atoms with Crippen LogP contribution in [0.25, 0.3) is 0 Å². The second kappa shape index (κ2) is 13.6. The molecule has 4 amide bonds. The van der Waals surface area contributed by atoms with Gasteiger partial charge in [0.1, 0.15) is 0 Å². The first-order valence-corrected chi connectivity index (χ1v) is 11.2. The van der Waals surface area contributed by atoms with Gasteiger partial charge in [-0.15, -0.1) is 5.06 Å². The summed E-state index contributed by atoms with van der Waals surface area (Å²) < 4.78 is 33.3. The zero-order chi connectivity index (χ0) is 25.0. The number of ether oxygens (including phenoxy) is 1. The molecule has 34 heavy (non-hydrogen) atoms. The minimum atomic E-state index is -3.17. The lowest BCUT2D eigenvalue weighted by Crippen LogP contribution is -2.35. The highest BCUT2D eigenvalue weighted by atomic mass is 19.3. The highest BCUT2D eigenvalue weighted by molar-refractivity contribution is 6.01. The number of rotatable bonds is 12. The summed E-state index contributed by atoms with van der Waals surface area (Å²) in [5.74, 6) is -2.84. The molecule has 1 aliphatic carbocycles. The Labute approximate surface area is 196 Å². The third-order valence-electron chi connectivity index (χ3n) is 5.20. The fourth-order valence-electron chi connectivity index (χ4n) is 3.33. The van der Waals surface area contributed by atoms with E-state index in [4.69, 9.17) is 4.74 Å². The van der Waals surface area contributed by atoms with Crippen molar-refractivity contribution in [1.82, 2.24) is 15.7 Å². The van der Waals surface area contributed by atoms with Gasteiger partial charge in [0.15, 0.2) is 0 Å². The number of carbonyl (C=O) groups is 5. The number of nitrogens with one attached hydrogen (secondary N) is 2. The fraction of sp³-hybridized carbons (Fsp3) is 0.682. The van der Waals surface area contributed by atoms with Crippen LogP contribution in [0.4, 0.5) is 8.78 Å². The molecule has 1 saturated heterocycles. The van der Waals surface area contributed by atoms with Crippen molar-refractivity contribution < 1.29 is 42.3 Å². The summed E-state index contributed by atoms with van der Waals surface area (Å²) in [4.78, 5) is 62.7. The summed E-state index contributed by atoms with van der Waals surface area (Å²) in [5, 5.41) is 5.48. The van der Waals surface area contributed by atoms with Crippen molar-refractivity contribution in [3.63, 3.8) is 0 Å². The first kappa shape index (κ1) is 27.2. The van der Waals surface area contributed by atoms with Crippen LogP contribution < -0.4 is 10.6 Å². The van der Waals surface area contributed by atoms with Gasteiger partial charge in [-0.1, -0.05) is 12.3 Å². The third-order valence-corrected chi connectivity index (χ3v) is 5.20. The van der Waals surface area contributed by atoms with Gasteiger partial charge in [-0.25, -0.2) is 4.79 Å². The lowest BCUT2D eigenvalue weighted by molar-refractivity contribution is -0.197. The van der Waals surface area contributed by atoms with E-state index in [1.807, 2.05) is 5.92 Å². The SMILES string of the molecule is O=C(CCC(=O)ON1C(=O)CCC1=O)NCCOCCNC(=O)CC1CCCCC#CC1(F)F. The van der Waals surface area contributed by atoms with Gasteiger partial charge < -0.3 is 20.2 Å². The summed E-state index contributed by atoms with van der Waals surface area (Å²) in [6.45, 7) is 0.556. The fourth-order valence-corrected chi connectivity index (χ4v) is 3.33. The molecule has 0 aromatic heterocycles. The van der Waals surface area contributed by atoms with Gasteiger partial charge in [-0.3, -0.25) is 19.2 Å². The largest absolute Gasteiger partial charge is 0.378 e. The Morgan fingerprint density at radius 3 is 2.32 bits per heavy atom. The van der Waals surface area contributed by atoms with Crippen molar-refractivity contribution in [2.75, 3.05) is 26.3 Å². The van der Waals surface area contributed by atoms with Crippen molar-refractivity contribution in [2.45, 2.75) is 63.7 Å². The van der Waals surface area contributed by atoms with Crippen molar-refractivity contribution in [3.8, 4) is 11.8 Å². The molecule has 0 aromatic carbocycles. The molecule has 0 bridgehead atoms. The summed E-state index contributed by atoms with van der Waals surface area (Å²) in [7, 11) is 0. The first-order chi connectivity index (χ1) is 16.2. The molecule has 0 radical (unpaired) electrons. The highest BCUT2D eigenvalue weighted by Crippen LogP contribution is 2.32. The van der Waals surface area contributed by atoms with Crippen molar-refractivity contribution in [3.05, 3.63) is 0 Å². The zero-order valence-corrected chi connectivity index (χ0v) is 18.8. The van der Waals surface area contributed by atoms with Crippen molar-refractivity contribution >= 4 is 29.6 Å². The number of hydroxylamine groups is 2. The minimum absolute atomic E-state index is 0.0120. The zero-order valence-electron chi connectivity index (χ0n) is 18.8. The Balaban J connectivity index is 1.50. The molecule has 2 N–H and O–H groups in total. The molecule has 0 saturated carbocycles. The average molecular weight is 485 g/mol. The third kappa shape index (κ3) is 9.43. The van der Waals surface area contributed by atoms with Crippen LogP contribution in [0.1, 0.15) is 57.8 Å². The smallest absolute Gasteiger partial charge is 0.333 e. The van der Waals surface area contributed by atoms with Crippen LogP contribution in [0, 0.1) is 17.8 Å². The lowest BCUT2D eigenvalue weighted by atomic mass is 9.89. The Bertz CT molecular complexity index is 822. The number of nitrogens with zero attached hydrogens (tertiary/aromatic N) is 1. The van der Waals surface area contributed by atoms with Gasteiger partial charge >= 0.3 is 11.9 Å². The maximum Gasteiger partial charge on any atom is 0.333 e. The van der Waals surface area contributed by atoms with Gasteiger partial charge in [-0.2, -0.15) is 8.78 Å². The van der Waals surface area contributed by atoms with Gasteiger partial charge in [0.2, 0.25) is 11.8 Å². The molecule has 12 heteroatoms. The summed E-state index contributed by atoms with van der Waals surface area (Å²) >= 11 is 0. The van der Waals surface area contributed by atoms with Crippen LogP contribution in [-0.2, 0) is 33.5 Å². The van der Waals surface area contributed by atoms with Crippen LogP contribution in [0.3, 0.4) is 0 Å². The number of carbonyl (C=O) groups excluding carboxylic acids is 5. The van der Waals surface area contributed by atoms with Gasteiger partial charge in [0.25, 0.3) is 11.8 Å². The lowest BCUT2D eigenvalue weighted by Gasteiger charge is -2.23. The number of alkyl halides is 2. The van der Waals surface area contributed by atoms with Crippen molar-refractivity contribution in [1.29, 1.82) is 0 Å². The highest BCUT2D eigenvalue weighted by Gasteiger charge is 2.39. The molecular weight excluding hydrogens is 456 g/mol. The quantitative estimate of drug-likeness (QED) is 0.238. The van der Waals surface area contributed by atoms with E-state index < -0.39 is 41.4 Å². The molecule has 1 aliphatic heterocycles. The topological polar surface area (TPSA) is 131 Å². The van der Waals surface area contributed by atoms with Gasteiger partial charge in [0.05, 0.1) is 19.6 Å². The normalized spacial score (nSPS) is 19.5. The van der Waals surface area contributed by atoms with E-state index in [9.17, 15) is 32.8 Å². The molecule has 1 heterocycles. The van der Waals surface area contributed by atoms with E-state index in [0.717, 1.165) is 6.42 Å². The Morgan fingerprint density at radius 2 is 1.65 bits per heavy atom. The Hall–Kier alpha value is -3.07. The molecule has 188 valence electrons. The number of imide groups is 1. The molecule has 2 rings (SSSR count). The van der Waals surface area contributed by atoms with E-state index in [0.29, 0.717) is 17.9 Å². The molecule has 0 aromatic rings. The summed E-state index contributed by atoms with van der Waals surface area (Å²) in [6, 6.07) is 0. The van der Waals surface area contributed by atoms with Crippen LogP contribution >= 0.6 is 0 Å². The summed E-state index contributed by atoms with van der Waals surface area (Å²) in [5.41, 5.74) is 0. The number of hydrogen-bond donors (Lipinski definition) is 2. The van der Waals surface area contributed by atoms with Crippen LogP contribution in [-0.4, -0.2) is 66.9 Å².